The van der Waals surface area contributed by atoms with Gasteiger partial charge in [0.25, 0.3) is 5.56 Å². The third kappa shape index (κ3) is 3.45. The molecule has 1 aromatic carbocycles. The van der Waals surface area contributed by atoms with Crippen LogP contribution in [0.3, 0.4) is 0 Å². The summed E-state index contributed by atoms with van der Waals surface area (Å²) in [7, 11) is 0. The van der Waals surface area contributed by atoms with E-state index in [2.05, 4.69) is 10.1 Å². The minimum absolute atomic E-state index is 0.111. The highest BCUT2D eigenvalue weighted by atomic mass is 16.5. The van der Waals surface area contributed by atoms with E-state index in [1.807, 2.05) is 49.5 Å². The van der Waals surface area contributed by atoms with Crippen LogP contribution in [0.1, 0.15) is 23.7 Å². The van der Waals surface area contributed by atoms with Crippen molar-refractivity contribution in [2.75, 3.05) is 6.61 Å². The molecule has 0 aliphatic rings. The van der Waals surface area contributed by atoms with Gasteiger partial charge in [0.15, 0.2) is 0 Å². The largest absolute Gasteiger partial charge is 0.494 e. The molecule has 0 spiro atoms. The second kappa shape index (κ2) is 7.05. The monoisotopic (exact) mass is 334 g/mol. The summed E-state index contributed by atoms with van der Waals surface area (Å²) in [6.45, 7) is 4.82. The van der Waals surface area contributed by atoms with Gasteiger partial charge in [0.05, 0.1) is 13.2 Å². The van der Waals surface area contributed by atoms with Crippen LogP contribution in [0.25, 0.3) is 11.1 Å². The molecular weight excluding hydrogens is 316 g/mol. The molecule has 126 valence electrons. The number of nitriles is 1. The van der Waals surface area contributed by atoms with Crippen LogP contribution in [0.5, 0.6) is 5.75 Å². The van der Waals surface area contributed by atoms with Gasteiger partial charge in [-0.1, -0.05) is 6.07 Å². The number of hydrogen-bond donors (Lipinski definition) is 1. The van der Waals surface area contributed by atoms with E-state index in [1.54, 1.807) is 17.8 Å². The fraction of sp³-hybridized carbons (Fsp3) is 0.211. The van der Waals surface area contributed by atoms with Crippen molar-refractivity contribution in [3.8, 4) is 22.9 Å². The fourth-order valence-corrected chi connectivity index (χ4v) is 2.76. The van der Waals surface area contributed by atoms with Crippen molar-refractivity contribution in [3.63, 3.8) is 0 Å². The zero-order chi connectivity index (χ0) is 17.8. The van der Waals surface area contributed by atoms with Crippen molar-refractivity contribution in [2.45, 2.75) is 20.4 Å². The molecule has 0 atom stereocenters. The number of hydrogen-bond acceptors (Lipinski definition) is 4. The fourth-order valence-electron chi connectivity index (χ4n) is 2.76. The number of aromatic nitrogens is 3. The minimum Gasteiger partial charge on any atom is -0.494 e. The Labute approximate surface area is 145 Å². The minimum atomic E-state index is -0.375. The summed E-state index contributed by atoms with van der Waals surface area (Å²) in [5.74, 6) is 0.766. The summed E-state index contributed by atoms with van der Waals surface area (Å²) >= 11 is 0. The molecule has 25 heavy (non-hydrogen) atoms. The van der Waals surface area contributed by atoms with Crippen LogP contribution in [-0.2, 0) is 6.54 Å². The molecule has 0 radical (unpaired) electrons. The maximum Gasteiger partial charge on any atom is 0.266 e. The third-order valence-electron chi connectivity index (χ3n) is 3.84. The first-order valence-corrected chi connectivity index (χ1v) is 8.00. The van der Waals surface area contributed by atoms with Crippen molar-refractivity contribution in [2.24, 2.45) is 0 Å². The third-order valence-corrected chi connectivity index (χ3v) is 3.84. The van der Waals surface area contributed by atoms with E-state index in [0.717, 1.165) is 16.9 Å². The molecule has 3 rings (SSSR count). The van der Waals surface area contributed by atoms with Crippen LogP contribution >= 0.6 is 0 Å². The van der Waals surface area contributed by atoms with E-state index < -0.39 is 0 Å². The SMILES string of the molecule is CCOc1ccc(-c2cc(C)[nH]c(=O)c2C#N)cc1Cn1cccn1. The molecule has 0 unspecified atom stereocenters. The summed E-state index contributed by atoms with van der Waals surface area (Å²) in [6.07, 6.45) is 3.60. The highest BCUT2D eigenvalue weighted by molar-refractivity contribution is 5.71. The Morgan fingerprint density at radius 2 is 2.20 bits per heavy atom. The Hall–Kier alpha value is -3.33. The number of rotatable bonds is 5. The Morgan fingerprint density at radius 3 is 2.88 bits per heavy atom. The van der Waals surface area contributed by atoms with Crippen molar-refractivity contribution in [1.82, 2.24) is 14.8 Å². The molecule has 0 aliphatic carbocycles. The lowest BCUT2D eigenvalue weighted by Crippen LogP contribution is -2.13. The van der Waals surface area contributed by atoms with E-state index in [0.29, 0.717) is 24.4 Å². The highest BCUT2D eigenvalue weighted by Gasteiger charge is 2.13. The first-order valence-electron chi connectivity index (χ1n) is 8.00. The lowest BCUT2D eigenvalue weighted by atomic mass is 9.98. The smallest absolute Gasteiger partial charge is 0.266 e. The number of ether oxygens (including phenoxy) is 1. The van der Waals surface area contributed by atoms with Gasteiger partial charge in [-0.3, -0.25) is 9.48 Å². The van der Waals surface area contributed by atoms with Crippen LogP contribution in [0.15, 0.2) is 47.5 Å². The zero-order valence-electron chi connectivity index (χ0n) is 14.1. The first kappa shape index (κ1) is 16.5. The van der Waals surface area contributed by atoms with Gasteiger partial charge in [-0.25, -0.2) is 0 Å². The molecule has 0 fully saturated rings. The average Bonchev–Trinajstić information content (AvgIpc) is 3.09. The summed E-state index contributed by atoms with van der Waals surface area (Å²) in [5.41, 5.74) is 2.80. The van der Waals surface area contributed by atoms with E-state index in [-0.39, 0.29) is 11.1 Å². The molecule has 0 saturated heterocycles. The van der Waals surface area contributed by atoms with Gasteiger partial charge in [0.1, 0.15) is 17.4 Å². The van der Waals surface area contributed by atoms with Gasteiger partial charge in [-0.15, -0.1) is 0 Å². The summed E-state index contributed by atoms with van der Waals surface area (Å²) in [6, 6.07) is 11.4. The van der Waals surface area contributed by atoms with Crippen LogP contribution in [0.4, 0.5) is 0 Å². The van der Waals surface area contributed by atoms with Crippen molar-refractivity contribution < 1.29 is 4.74 Å². The number of pyridine rings is 1. The zero-order valence-corrected chi connectivity index (χ0v) is 14.1. The van der Waals surface area contributed by atoms with Gasteiger partial charge in [-0.2, -0.15) is 10.4 Å². The van der Waals surface area contributed by atoms with Gasteiger partial charge in [0.2, 0.25) is 0 Å². The van der Waals surface area contributed by atoms with E-state index in [1.165, 1.54) is 0 Å². The molecule has 2 heterocycles. The first-order chi connectivity index (χ1) is 12.1. The van der Waals surface area contributed by atoms with Crippen molar-refractivity contribution in [1.29, 1.82) is 5.26 Å². The number of nitrogens with zero attached hydrogens (tertiary/aromatic N) is 3. The van der Waals surface area contributed by atoms with Gasteiger partial charge in [-0.05, 0) is 43.7 Å². The molecule has 0 aliphatic heterocycles. The Balaban J connectivity index is 2.12. The van der Waals surface area contributed by atoms with Crippen LogP contribution in [0.2, 0.25) is 0 Å². The highest BCUT2D eigenvalue weighted by Crippen LogP contribution is 2.29. The van der Waals surface area contributed by atoms with Crippen molar-refractivity contribution in [3.05, 3.63) is 69.9 Å². The molecule has 0 saturated carbocycles. The maximum atomic E-state index is 12.1. The normalized spacial score (nSPS) is 10.4. The molecule has 6 heteroatoms. The number of H-pyrrole nitrogens is 1. The lowest BCUT2D eigenvalue weighted by Gasteiger charge is -2.13. The number of nitrogens with one attached hydrogen (secondary N) is 1. The second-order valence-electron chi connectivity index (χ2n) is 5.64. The maximum absolute atomic E-state index is 12.1. The topological polar surface area (TPSA) is 83.7 Å². The second-order valence-corrected chi connectivity index (χ2v) is 5.64. The van der Waals surface area contributed by atoms with Crippen LogP contribution in [0, 0.1) is 18.3 Å². The molecule has 0 amide bonds. The molecular formula is C19H18N4O2. The van der Waals surface area contributed by atoms with E-state index in [4.69, 9.17) is 4.74 Å². The van der Waals surface area contributed by atoms with Gasteiger partial charge < -0.3 is 9.72 Å². The Bertz CT molecular complexity index is 982. The van der Waals surface area contributed by atoms with E-state index >= 15 is 0 Å². The Morgan fingerprint density at radius 1 is 1.36 bits per heavy atom. The van der Waals surface area contributed by atoms with Gasteiger partial charge >= 0.3 is 0 Å². The van der Waals surface area contributed by atoms with E-state index in [9.17, 15) is 10.1 Å². The average molecular weight is 334 g/mol. The molecule has 1 N–H and O–H groups in total. The van der Waals surface area contributed by atoms with Gasteiger partial charge in [0, 0.05) is 29.2 Å². The van der Waals surface area contributed by atoms with Crippen molar-refractivity contribution >= 4 is 0 Å². The summed E-state index contributed by atoms with van der Waals surface area (Å²) in [4.78, 5) is 14.7. The predicted octanol–water partition coefficient (Wildman–Crippen LogP) is 2.87. The quantitative estimate of drug-likeness (QED) is 0.777. The lowest BCUT2D eigenvalue weighted by molar-refractivity contribution is 0.335. The predicted molar refractivity (Wildman–Crippen MR) is 94.4 cm³/mol. The summed E-state index contributed by atoms with van der Waals surface area (Å²) < 4.78 is 7.51. The summed E-state index contributed by atoms with van der Waals surface area (Å²) in [5, 5.41) is 13.6. The van der Waals surface area contributed by atoms with Crippen LogP contribution in [-0.4, -0.2) is 21.4 Å². The number of aromatic amines is 1. The Kier molecular flexibility index (Phi) is 4.66. The molecule has 3 aromatic rings. The molecule has 2 aromatic heterocycles. The number of aryl methyl sites for hydroxylation is 1. The molecule has 6 nitrogen and oxygen atoms in total. The number of benzene rings is 1. The molecule has 0 bridgehead atoms. The van der Waals surface area contributed by atoms with Crippen LogP contribution < -0.4 is 10.3 Å². The standard InChI is InChI=1S/C19H18N4O2/c1-3-25-18-6-5-14(10-15(18)12-23-8-4-7-21-23)16-9-13(2)22-19(24)17(16)11-20/h4-10H,3,12H2,1-2H3,(H,22,24).